The van der Waals surface area contributed by atoms with Crippen LogP contribution in [0.4, 0.5) is 0 Å². The summed E-state index contributed by atoms with van der Waals surface area (Å²) in [7, 11) is 0. The Hall–Kier alpha value is -0.370. The molecular formula is C12H23NO. The van der Waals surface area contributed by atoms with Crippen LogP contribution in [0.15, 0.2) is 0 Å². The maximum atomic E-state index is 12.3. The predicted molar refractivity (Wildman–Crippen MR) is 59.3 cm³/mol. The third-order valence-corrected chi connectivity index (χ3v) is 3.14. The summed E-state index contributed by atoms with van der Waals surface area (Å²) in [5, 5.41) is 3.33. The number of Topliss-reactive ketones (excluding diaryl/α,β-unsaturated/α-hetero) is 1. The second-order valence-electron chi connectivity index (χ2n) is 5.54. The summed E-state index contributed by atoms with van der Waals surface area (Å²) in [4.78, 5) is 12.3. The van der Waals surface area contributed by atoms with Gasteiger partial charge in [0.2, 0.25) is 0 Å². The van der Waals surface area contributed by atoms with E-state index >= 15 is 0 Å². The molecule has 0 aromatic rings. The van der Waals surface area contributed by atoms with Gasteiger partial charge in [-0.05, 0) is 19.4 Å². The largest absolute Gasteiger partial charge is 0.316 e. The van der Waals surface area contributed by atoms with Gasteiger partial charge in [0.05, 0.1) is 0 Å². The highest BCUT2D eigenvalue weighted by atomic mass is 16.1. The zero-order valence-corrected chi connectivity index (χ0v) is 9.94. The predicted octanol–water partition coefficient (Wildman–Crippen LogP) is 2.38. The minimum absolute atomic E-state index is 0.0625. The lowest BCUT2D eigenvalue weighted by Gasteiger charge is -2.33. The lowest BCUT2D eigenvalue weighted by Crippen LogP contribution is -2.40. The molecule has 1 N–H and O–H groups in total. The van der Waals surface area contributed by atoms with Crippen molar-refractivity contribution in [1.29, 1.82) is 0 Å². The molecule has 0 saturated carbocycles. The highest BCUT2D eigenvalue weighted by Crippen LogP contribution is 2.38. The number of hydrogen-bond acceptors (Lipinski definition) is 2. The van der Waals surface area contributed by atoms with Crippen LogP contribution in [-0.2, 0) is 4.79 Å². The smallest absolute Gasteiger partial charge is 0.145 e. The number of hydrogen-bond donors (Lipinski definition) is 1. The van der Waals surface area contributed by atoms with Crippen LogP contribution in [0.5, 0.6) is 0 Å². The quantitative estimate of drug-likeness (QED) is 0.752. The first-order valence-electron chi connectivity index (χ1n) is 5.68. The molecule has 1 fully saturated rings. The Labute approximate surface area is 87.5 Å². The number of nitrogens with one attached hydrogen (secondary N) is 1. The van der Waals surface area contributed by atoms with Gasteiger partial charge in [0, 0.05) is 17.4 Å². The molecule has 0 amide bonds. The Morgan fingerprint density at radius 3 is 2.43 bits per heavy atom. The highest BCUT2D eigenvalue weighted by Gasteiger charge is 2.44. The van der Waals surface area contributed by atoms with Crippen LogP contribution >= 0.6 is 0 Å². The molecule has 0 spiro atoms. The number of carbonyl (C=O) groups excluding carboxylic acids is 1. The van der Waals surface area contributed by atoms with Crippen molar-refractivity contribution in [2.24, 2.45) is 10.8 Å². The monoisotopic (exact) mass is 197 g/mol. The molecule has 2 heteroatoms. The molecule has 1 heterocycles. The lowest BCUT2D eigenvalue weighted by molar-refractivity contribution is -0.136. The third kappa shape index (κ3) is 2.17. The van der Waals surface area contributed by atoms with Crippen molar-refractivity contribution in [2.45, 2.75) is 47.0 Å². The Morgan fingerprint density at radius 2 is 2.07 bits per heavy atom. The zero-order valence-electron chi connectivity index (χ0n) is 9.94. The Morgan fingerprint density at radius 1 is 1.43 bits per heavy atom. The fraction of sp³-hybridized carbons (Fsp3) is 0.917. The van der Waals surface area contributed by atoms with E-state index in [0.29, 0.717) is 5.78 Å². The highest BCUT2D eigenvalue weighted by molar-refractivity contribution is 5.89. The van der Waals surface area contributed by atoms with Crippen LogP contribution in [0.3, 0.4) is 0 Å². The van der Waals surface area contributed by atoms with Crippen molar-refractivity contribution >= 4 is 5.78 Å². The Kier molecular flexibility index (Phi) is 3.36. The summed E-state index contributed by atoms with van der Waals surface area (Å²) in [5.41, 5.74) is -0.256. The minimum Gasteiger partial charge on any atom is -0.316 e. The first-order valence-corrected chi connectivity index (χ1v) is 5.68. The van der Waals surface area contributed by atoms with Crippen molar-refractivity contribution in [3.05, 3.63) is 0 Å². The van der Waals surface area contributed by atoms with Gasteiger partial charge in [-0.2, -0.15) is 0 Å². The van der Waals surface area contributed by atoms with Crippen molar-refractivity contribution in [3.8, 4) is 0 Å². The van der Waals surface area contributed by atoms with Crippen LogP contribution in [0.1, 0.15) is 47.0 Å². The van der Waals surface area contributed by atoms with Crippen LogP contribution in [-0.4, -0.2) is 18.9 Å². The molecule has 2 nitrogen and oxygen atoms in total. The summed E-state index contributed by atoms with van der Waals surface area (Å²) < 4.78 is 0. The van der Waals surface area contributed by atoms with Gasteiger partial charge in [0.1, 0.15) is 5.78 Å². The molecule has 0 aliphatic carbocycles. The van der Waals surface area contributed by atoms with Crippen molar-refractivity contribution in [3.63, 3.8) is 0 Å². The second kappa shape index (κ2) is 4.01. The van der Waals surface area contributed by atoms with Crippen molar-refractivity contribution in [2.75, 3.05) is 13.1 Å². The zero-order chi connectivity index (χ0) is 10.8. The van der Waals surface area contributed by atoms with E-state index in [1.165, 1.54) is 0 Å². The van der Waals surface area contributed by atoms with Crippen LogP contribution in [0.2, 0.25) is 0 Å². The SMILES string of the molecule is CCCC1(C(=O)C(C)(C)C)CCNC1. The van der Waals surface area contributed by atoms with E-state index in [2.05, 4.69) is 12.2 Å². The average molecular weight is 197 g/mol. The van der Waals surface area contributed by atoms with Gasteiger partial charge in [-0.25, -0.2) is 0 Å². The van der Waals surface area contributed by atoms with Gasteiger partial charge in [0.25, 0.3) is 0 Å². The maximum absolute atomic E-state index is 12.3. The van der Waals surface area contributed by atoms with E-state index < -0.39 is 0 Å². The van der Waals surface area contributed by atoms with Gasteiger partial charge in [0.15, 0.2) is 0 Å². The standard InChI is InChI=1S/C12H23NO/c1-5-6-12(7-8-13-9-12)10(14)11(2,3)4/h13H,5-9H2,1-4H3. The molecule has 1 atom stereocenters. The van der Waals surface area contributed by atoms with Gasteiger partial charge < -0.3 is 5.32 Å². The molecule has 82 valence electrons. The summed E-state index contributed by atoms with van der Waals surface area (Å²) in [6.07, 6.45) is 3.16. The summed E-state index contributed by atoms with van der Waals surface area (Å²) in [6.45, 7) is 10.1. The van der Waals surface area contributed by atoms with Crippen molar-refractivity contribution in [1.82, 2.24) is 5.32 Å². The Bertz CT molecular complexity index is 209. The molecule has 14 heavy (non-hydrogen) atoms. The van der Waals surface area contributed by atoms with Crippen LogP contribution in [0, 0.1) is 10.8 Å². The second-order valence-corrected chi connectivity index (χ2v) is 5.54. The van der Waals surface area contributed by atoms with E-state index in [9.17, 15) is 4.79 Å². The van der Waals surface area contributed by atoms with E-state index in [4.69, 9.17) is 0 Å². The van der Waals surface area contributed by atoms with Gasteiger partial charge in [-0.15, -0.1) is 0 Å². The molecule has 0 aromatic carbocycles. The topological polar surface area (TPSA) is 29.1 Å². The van der Waals surface area contributed by atoms with Crippen LogP contribution < -0.4 is 5.32 Å². The van der Waals surface area contributed by atoms with Crippen LogP contribution in [0.25, 0.3) is 0 Å². The first-order chi connectivity index (χ1) is 6.42. The number of rotatable bonds is 3. The van der Waals surface area contributed by atoms with Crippen molar-refractivity contribution < 1.29 is 4.79 Å². The maximum Gasteiger partial charge on any atom is 0.145 e. The molecule has 0 bridgehead atoms. The molecule has 1 saturated heterocycles. The fourth-order valence-corrected chi connectivity index (χ4v) is 2.54. The first kappa shape index (κ1) is 11.7. The third-order valence-electron chi connectivity index (χ3n) is 3.14. The normalized spacial score (nSPS) is 28.0. The molecule has 1 aliphatic rings. The fourth-order valence-electron chi connectivity index (χ4n) is 2.54. The Balaban J connectivity index is 2.82. The van der Waals surface area contributed by atoms with E-state index in [1.807, 2.05) is 20.8 Å². The van der Waals surface area contributed by atoms with E-state index in [1.54, 1.807) is 0 Å². The minimum atomic E-state index is -0.193. The molecular weight excluding hydrogens is 174 g/mol. The lowest BCUT2D eigenvalue weighted by atomic mass is 9.69. The molecule has 1 rings (SSSR count). The van der Waals surface area contributed by atoms with Gasteiger partial charge >= 0.3 is 0 Å². The van der Waals surface area contributed by atoms with E-state index in [0.717, 1.165) is 32.4 Å². The van der Waals surface area contributed by atoms with Gasteiger partial charge in [-0.1, -0.05) is 34.1 Å². The number of carbonyl (C=O) groups is 1. The summed E-state index contributed by atoms with van der Waals surface area (Å²) in [6, 6.07) is 0. The molecule has 0 radical (unpaired) electrons. The summed E-state index contributed by atoms with van der Waals surface area (Å²) in [5.74, 6) is 0.442. The molecule has 1 aliphatic heterocycles. The molecule has 1 unspecified atom stereocenters. The average Bonchev–Trinajstić information content (AvgIpc) is 2.52. The van der Waals surface area contributed by atoms with E-state index in [-0.39, 0.29) is 10.8 Å². The molecule has 0 aromatic heterocycles. The summed E-state index contributed by atoms with van der Waals surface area (Å²) >= 11 is 0. The number of ketones is 1. The van der Waals surface area contributed by atoms with Gasteiger partial charge in [-0.3, -0.25) is 4.79 Å².